The van der Waals surface area contributed by atoms with Gasteiger partial charge in [0.15, 0.2) is 0 Å². The first kappa shape index (κ1) is 21.2. The van der Waals surface area contributed by atoms with Crippen LogP contribution in [0.1, 0.15) is 27.9 Å². The van der Waals surface area contributed by atoms with Gasteiger partial charge in [-0.25, -0.2) is 0 Å². The largest absolute Gasteiger partial charge is 0.487 e. The van der Waals surface area contributed by atoms with E-state index in [1.54, 1.807) is 12.3 Å². The minimum Gasteiger partial charge on any atom is -0.487 e. The Morgan fingerprint density at radius 2 is 1.71 bits per heavy atom. The topological polar surface area (TPSA) is 27.1 Å². The van der Waals surface area contributed by atoms with Gasteiger partial charge in [0.05, 0.1) is 11.1 Å². The molecule has 3 nitrogen and oxygen atoms in total. The molecule has 31 heavy (non-hydrogen) atoms. The van der Waals surface area contributed by atoms with Crippen molar-refractivity contribution in [3.05, 3.63) is 93.8 Å². The highest BCUT2D eigenvalue weighted by Gasteiger charge is 2.30. The van der Waals surface area contributed by atoms with Crippen molar-refractivity contribution in [3.63, 3.8) is 0 Å². The Labute approximate surface area is 183 Å². The molecule has 0 spiro atoms. The number of fused-ring (bicyclic) bond motifs is 1. The quantitative estimate of drug-likeness (QED) is 0.333. The van der Waals surface area contributed by atoms with Crippen molar-refractivity contribution in [1.29, 1.82) is 0 Å². The Morgan fingerprint density at radius 3 is 2.39 bits per heavy atom. The van der Waals surface area contributed by atoms with Crippen LogP contribution in [0.5, 0.6) is 5.75 Å². The van der Waals surface area contributed by atoms with Gasteiger partial charge in [-0.05, 0) is 48.7 Å². The van der Waals surface area contributed by atoms with Crippen LogP contribution in [0, 0.1) is 13.8 Å². The summed E-state index contributed by atoms with van der Waals surface area (Å²) in [6.07, 6.45) is -2.68. The third-order valence-electron chi connectivity index (χ3n) is 5.42. The third kappa shape index (κ3) is 4.26. The molecule has 0 saturated heterocycles. The van der Waals surface area contributed by atoms with Gasteiger partial charge in [0.25, 0.3) is 0 Å². The molecule has 0 saturated carbocycles. The number of hydrogen-bond acceptors (Lipinski definition) is 2. The van der Waals surface area contributed by atoms with Crippen molar-refractivity contribution < 1.29 is 17.9 Å². The Balaban J connectivity index is 1.67. The first-order valence-corrected chi connectivity index (χ1v) is 10.1. The van der Waals surface area contributed by atoms with Crippen LogP contribution in [0.4, 0.5) is 13.2 Å². The van der Waals surface area contributed by atoms with E-state index in [0.29, 0.717) is 22.9 Å². The van der Waals surface area contributed by atoms with Crippen LogP contribution in [-0.4, -0.2) is 9.55 Å². The second kappa shape index (κ2) is 8.27. The summed E-state index contributed by atoms with van der Waals surface area (Å²) in [7, 11) is 0. The minimum atomic E-state index is -4.36. The van der Waals surface area contributed by atoms with Gasteiger partial charge in [0.1, 0.15) is 17.9 Å². The number of nitrogens with zero attached hydrogens (tertiary/aromatic N) is 2. The first-order chi connectivity index (χ1) is 14.8. The maximum Gasteiger partial charge on any atom is 0.416 e. The van der Waals surface area contributed by atoms with E-state index in [-0.39, 0.29) is 6.61 Å². The molecule has 0 bridgehead atoms. The van der Waals surface area contributed by atoms with Gasteiger partial charge in [-0.3, -0.25) is 4.98 Å². The van der Waals surface area contributed by atoms with Crippen molar-refractivity contribution in [2.24, 2.45) is 0 Å². The second-order valence-corrected chi connectivity index (χ2v) is 7.78. The molecule has 2 aromatic carbocycles. The number of halogens is 4. The van der Waals surface area contributed by atoms with Crippen LogP contribution in [0.15, 0.2) is 60.8 Å². The second-order valence-electron chi connectivity index (χ2n) is 7.38. The molecule has 2 heterocycles. The molecule has 7 heteroatoms. The maximum absolute atomic E-state index is 12.8. The van der Waals surface area contributed by atoms with E-state index in [0.717, 1.165) is 40.0 Å². The van der Waals surface area contributed by atoms with E-state index >= 15 is 0 Å². The fourth-order valence-electron chi connectivity index (χ4n) is 3.58. The van der Waals surface area contributed by atoms with Crippen LogP contribution < -0.4 is 4.74 Å². The molecule has 0 aliphatic rings. The molecule has 2 aromatic heterocycles. The van der Waals surface area contributed by atoms with Gasteiger partial charge in [-0.15, -0.1) is 0 Å². The molecule has 0 radical (unpaired) electrons. The van der Waals surface area contributed by atoms with Gasteiger partial charge < -0.3 is 9.30 Å². The summed E-state index contributed by atoms with van der Waals surface area (Å²) in [5.41, 5.74) is 4.70. The number of alkyl halides is 3. The molecule has 0 fully saturated rings. The SMILES string of the molecule is Cc1c(C)n(Cc2ccccc2Cl)c2c(OCc3ccc(C(F)(F)F)cc3)ccnc12. The van der Waals surface area contributed by atoms with Crippen molar-refractivity contribution >= 4 is 22.6 Å². The first-order valence-electron chi connectivity index (χ1n) is 9.72. The van der Waals surface area contributed by atoms with Crippen molar-refractivity contribution in [2.45, 2.75) is 33.2 Å². The Bertz CT molecular complexity index is 1230. The molecule has 0 amide bonds. The number of aromatic nitrogens is 2. The number of benzene rings is 2. The zero-order valence-corrected chi connectivity index (χ0v) is 17.8. The molecular weight excluding hydrogens is 425 g/mol. The predicted molar refractivity (Wildman–Crippen MR) is 116 cm³/mol. The maximum atomic E-state index is 12.8. The minimum absolute atomic E-state index is 0.145. The number of ether oxygens (including phenoxy) is 1. The summed E-state index contributed by atoms with van der Waals surface area (Å²) in [6.45, 7) is 4.73. The number of hydrogen-bond donors (Lipinski definition) is 0. The van der Waals surface area contributed by atoms with Gasteiger partial charge in [-0.1, -0.05) is 41.9 Å². The Hall–Kier alpha value is -2.99. The normalized spacial score (nSPS) is 11.8. The summed E-state index contributed by atoms with van der Waals surface area (Å²) in [5.74, 6) is 0.619. The van der Waals surface area contributed by atoms with Crippen molar-refractivity contribution in [1.82, 2.24) is 9.55 Å². The zero-order chi connectivity index (χ0) is 22.2. The monoisotopic (exact) mass is 444 g/mol. The fraction of sp³-hybridized carbons (Fsp3) is 0.208. The Morgan fingerprint density at radius 1 is 1.00 bits per heavy atom. The van der Waals surface area contributed by atoms with Crippen LogP contribution in [0.3, 0.4) is 0 Å². The number of pyridine rings is 1. The molecular formula is C24H20ClF3N2O. The summed E-state index contributed by atoms with van der Waals surface area (Å²) in [5, 5.41) is 0.678. The lowest BCUT2D eigenvalue weighted by atomic mass is 10.1. The van der Waals surface area contributed by atoms with E-state index < -0.39 is 11.7 Å². The van der Waals surface area contributed by atoms with Gasteiger partial charge in [0.2, 0.25) is 0 Å². The van der Waals surface area contributed by atoms with E-state index in [4.69, 9.17) is 16.3 Å². The standard InChI is InChI=1S/C24H20ClF3N2O/c1-15-16(2)30(13-18-5-3-4-6-20(18)25)23-21(11-12-29-22(15)23)31-14-17-7-9-19(10-8-17)24(26,27)28/h3-12H,13-14H2,1-2H3. The van der Waals surface area contributed by atoms with Crippen LogP contribution >= 0.6 is 11.6 Å². The van der Waals surface area contributed by atoms with E-state index in [9.17, 15) is 13.2 Å². The predicted octanol–water partition coefficient (Wildman–Crippen LogP) is 6.95. The molecule has 4 rings (SSSR count). The highest BCUT2D eigenvalue weighted by Crippen LogP contribution is 2.33. The highest BCUT2D eigenvalue weighted by atomic mass is 35.5. The summed E-state index contributed by atoms with van der Waals surface area (Å²) >= 11 is 6.37. The summed E-state index contributed by atoms with van der Waals surface area (Å²) < 4.78 is 46.5. The third-order valence-corrected chi connectivity index (χ3v) is 5.79. The molecule has 4 aromatic rings. The average molecular weight is 445 g/mol. The fourth-order valence-corrected chi connectivity index (χ4v) is 3.77. The smallest absolute Gasteiger partial charge is 0.416 e. The van der Waals surface area contributed by atoms with Gasteiger partial charge in [0, 0.05) is 29.5 Å². The summed E-state index contributed by atoms with van der Waals surface area (Å²) in [6, 6.07) is 14.4. The lowest BCUT2D eigenvalue weighted by Gasteiger charge is -2.14. The molecule has 0 aliphatic carbocycles. The summed E-state index contributed by atoms with van der Waals surface area (Å²) in [4.78, 5) is 4.52. The van der Waals surface area contributed by atoms with E-state index in [1.165, 1.54) is 12.1 Å². The lowest BCUT2D eigenvalue weighted by molar-refractivity contribution is -0.137. The van der Waals surface area contributed by atoms with E-state index in [1.807, 2.05) is 38.1 Å². The number of rotatable bonds is 5. The average Bonchev–Trinajstić information content (AvgIpc) is 2.99. The molecule has 0 aliphatic heterocycles. The van der Waals surface area contributed by atoms with Crippen LogP contribution in [-0.2, 0) is 19.3 Å². The van der Waals surface area contributed by atoms with Crippen molar-refractivity contribution in [2.75, 3.05) is 0 Å². The molecule has 0 unspecified atom stereocenters. The lowest BCUT2D eigenvalue weighted by Crippen LogP contribution is -2.06. The molecule has 0 atom stereocenters. The molecule has 0 N–H and O–H groups in total. The van der Waals surface area contributed by atoms with Crippen LogP contribution in [0.25, 0.3) is 11.0 Å². The van der Waals surface area contributed by atoms with Gasteiger partial charge >= 0.3 is 6.18 Å². The number of aryl methyl sites for hydroxylation is 1. The highest BCUT2D eigenvalue weighted by molar-refractivity contribution is 6.31. The van der Waals surface area contributed by atoms with Crippen LogP contribution in [0.2, 0.25) is 5.02 Å². The Kier molecular flexibility index (Phi) is 5.67. The zero-order valence-electron chi connectivity index (χ0n) is 17.0. The van der Waals surface area contributed by atoms with Crippen molar-refractivity contribution in [3.8, 4) is 5.75 Å². The van der Waals surface area contributed by atoms with E-state index in [2.05, 4.69) is 9.55 Å². The van der Waals surface area contributed by atoms with Gasteiger partial charge in [-0.2, -0.15) is 13.2 Å². The molecule has 160 valence electrons.